The molecule has 4 nitrogen and oxygen atoms in total. The lowest BCUT2D eigenvalue weighted by molar-refractivity contribution is 0.0954. The summed E-state index contributed by atoms with van der Waals surface area (Å²) >= 11 is 5.89. The van der Waals surface area contributed by atoms with Crippen molar-refractivity contribution in [1.82, 2.24) is 14.9 Å². The number of benzene rings is 3. The first-order valence-electron chi connectivity index (χ1n) is 9.63. The average Bonchev–Trinajstić information content (AvgIpc) is 3.07. The Hall–Kier alpha value is -3.11. The second-order valence-corrected chi connectivity index (χ2v) is 7.54. The summed E-state index contributed by atoms with van der Waals surface area (Å²) in [5.74, 6) is 0.853. The molecule has 3 aromatic carbocycles. The van der Waals surface area contributed by atoms with Crippen LogP contribution in [-0.2, 0) is 13.0 Å². The van der Waals surface area contributed by atoms with Crippen LogP contribution in [0.2, 0.25) is 5.02 Å². The highest BCUT2D eigenvalue weighted by atomic mass is 35.5. The molecule has 1 aromatic heterocycles. The van der Waals surface area contributed by atoms with Gasteiger partial charge in [0, 0.05) is 30.1 Å². The molecule has 0 spiro atoms. The van der Waals surface area contributed by atoms with E-state index in [1.54, 1.807) is 24.3 Å². The van der Waals surface area contributed by atoms with Gasteiger partial charge in [-0.25, -0.2) is 4.98 Å². The van der Waals surface area contributed by atoms with Crippen LogP contribution in [0.25, 0.3) is 11.0 Å². The standard InChI is InChI=1S/C24H22ClN3O/c1-17-6-8-18(9-7-17)16-28-22-5-3-2-4-21(22)27-23(28)14-15-26-24(29)19-10-12-20(25)13-11-19/h2-13H,14-16H2,1H3,(H,26,29). The van der Waals surface area contributed by atoms with E-state index in [4.69, 9.17) is 16.6 Å². The molecule has 0 atom stereocenters. The highest BCUT2D eigenvalue weighted by Gasteiger charge is 2.12. The molecule has 1 heterocycles. The number of amides is 1. The number of hydrogen-bond acceptors (Lipinski definition) is 2. The zero-order valence-electron chi connectivity index (χ0n) is 16.2. The van der Waals surface area contributed by atoms with E-state index in [0.717, 1.165) is 23.4 Å². The van der Waals surface area contributed by atoms with Crippen LogP contribution in [0.15, 0.2) is 72.8 Å². The zero-order chi connectivity index (χ0) is 20.2. The number of hydrogen-bond donors (Lipinski definition) is 1. The molecule has 0 radical (unpaired) electrons. The van der Waals surface area contributed by atoms with E-state index in [9.17, 15) is 4.79 Å². The third-order valence-electron chi connectivity index (χ3n) is 4.94. The molecule has 29 heavy (non-hydrogen) atoms. The van der Waals surface area contributed by atoms with Crippen molar-refractivity contribution >= 4 is 28.5 Å². The number of carbonyl (C=O) groups is 1. The number of nitrogens with one attached hydrogen (secondary N) is 1. The molecule has 0 aliphatic carbocycles. The molecule has 0 unspecified atom stereocenters. The summed E-state index contributed by atoms with van der Waals surface area (Å²) in [5.41, 5.74) is 5.15. The number of halogens is 1. The number of aryl methyl sites for hydroxylation is 1. The summed E-state index contributed by atoms with van der Waals surface area (Å²) in [6, 6.07) is 23.6. The van der Waals surface area contributed by atoms with Crippen LogP contribution in [-0.4, -0.2) is 22.0 Å². The van der Waals surface area contributed by atoms with E-state index in [1.165, 1.54) is 11.1 Å². The third-order valence-corrected chi connectivity index (χ3v) is 5.19. The van der Waals surface area contributed by atoms with Gasteiger partial charge in [0.25, 0.3) is 5.91 Å². The van der Waals surface area contributed by atoms with Gasteiger partial charge in [0.05, 0.1) is 11.0 Å². The number of carbonyl (C=O) groups excluding carboxylic acids is 1. The molecule has 4 rings (SSSR count). The predicted octanol–water partition coefficient (Wildman–Crippen LogP) is 5.02. The third kappa shape index (κ3) is 4.49. The SMILES string of the molecule is Cc1ccc(Cn2c(CCNC(=O)c3ccc(Cl)cc3)nc3ccccc32)cc1. The second-order valence-electron chi connectivity index (χ2n) is 7.10. The lowest BCUT2D eigenvalue weighted by Gasteiger charge is -2.11. The first kappa shape index (κ1) is 19.2. The summed E-state index contributed by atoms with van der Waals surface area (Å²) in [7, 11) is 0. The summed E-state index contributed by atoms with van der Waals surface area (Å²) in [5, 5.41) is 3.59. The van der Waals surface area contributed by atoms with Crippen molar-refractivity contribution in [3.63, 3.8) is 0 Å². The fourth-order valence-corrected chi connectivity index (χ4v) is 3.49. The highest BCUT2D eigenvalue weighted by molar-refractivity contribution is 6.30. The summed E-state index contributed by atoms with van der Waals surface area (Å²) in [4.78, 5) is 17.1. The van der Waals surface area contributed by atoms with E-state index < -0.39 is 0 Å². The predicted molar refractivity (Wildman–Crippen MR) is 118 cm³/mol. The number of rotatable bonds is 6. The molecule has 0 aliphatic heterocycles. The number of fused-ring (bicyclic) bond motifs is 1. The Morgan fingerprint density at radius 3 is 2.48 bits per heavy atom. The smallest absolute Gasteiger partial charge is 0.251 e. The molecular weight excluding hydrogens is 382 g/mol. The maximum Gasteiger partial charge on any atom is 0.251 e. The van der Waals surface area contributed by atoms with Crippen LogP contribution >= 0.6 is 11.6 Å². The lowest BCUT2D eigenvalue weighted by Crippen LogP contribution is -2.26. The van der Waals surface area contributed by atoms with E-state index in [1.807, 2.05) is 18.2 Å². The minimum absolute atomic E-state index is 0.108. The fraction of sp³-hybridized carbons (Fsp3) is 0.167. The van der Waals surface area contributed by atoms with Crippen molar-refractivity contribution in [3.05, 3.63) is 100 Å². The maximum atomic E-state index is 12.3. The zero-order valence-corrected chi connectivity index (χ0v) is 17.0. The largest absolute Gasteiger partial charge is 0.352 e. The number of aromatic nitrogens is 2. The Labute approximate surface area is 175 Å². The molecular formula is C24H22ClN3O. The Bertz CT molecular complexity index is 1130. The van der Waals surface area contributed by atoms with Crippen molar-refractivity contribution in [2.24, 2.45) is 0 Å². The Balaban J connectivity index is 1.51. The maximum absolute atomic E-state index is 12.3. The van der Waals surface area contributed by atoms with Gasteiger partial charge in [0.15, 0.2) is 0 Å². The Morgan fingerprint density at radius 1 is 1.00 bits per heavy atom. The van der Waals surface area contributed by atoms with E-state index in [2.05, 4.69) is 47.1 Å². The topological polar surface area (TPSA) is 46.9 Å². The number of imidazole rings is 1. The van der Waals surface area contributed by atoms with E-state index in [0.29, 0.717) is 23.6 Å². The van der Waals surface area contributed by atoms with Gasteiger partial charge < -0.3 is 9.88 Å². The van der Waals surface area contributed by atoms with Crippen molar-refractivity contribution in [3.8, 4) is 0 Å². The van der Waals surface area contributed by atoms with Gasteiger partial charge in [-0.05, 0) is 48.9 Å². The average molecular weight is 404 g/mol. The normalized spacial score (nSPS) is 11.0. The van der Waals surface area contributed by atoms with Crippen LogP contribution in [0.5, 0.6) is 0 Å². The van der Waals surface area contributed by atoms with Crippen molar-refractivity contribution < 1.29 is 4.79 Å². The van der Waals surface area contributed by atoms with Crippen molar-refractivity contribution in [1.29, 1.82) is 0 Å². The Kier molecular flexibility index (Phi) is 5.63. The van der Waals surface area contributed by atoms with E-state index in [-0.39, 0.29) is 5.91 Å². The van der Waals surface area contributed by atoms with Crippen molar-refractivity contribution in [2.75, 3.05) is 6.54 Å². The first-order chi connectivity index (χ1) is 14.1. The minimum Gasteiger partial charge on any atom is -0.352 e. The molecule has 0 bridgehead atoms. The van der Waals surface area contributed by atoms with Crippen LogP contribution < -0.4 is 5.32 Å². The molecule has 0 aliphatic rings. The molecule has 146 valence electrons. The van der Waals surface area contributed by atoms with Gasteiger partial charge in [-0.15, -0.1) is 0 Å². The molecule has 5 heteroatoms. The van der Waals surface area contributed by atoms with Crippen LogP contribution in [0.4, 0.5) is 0 Å². The van der Waals surface area contributed by atoms with Gasteiger partial charge in [0.1, 0.15) is 5.82 Å². The number of para-hydroxylation sites is 2. The molecule has 4 aromatic rings. The number of nitrogens with zero attached hydrogens (tertiary/aromatic N) is 2. The van der Waals surface area contributed by atoms with Crippen LogP contribution in [0.3, 0.4) is 0 Å². The second kappa shape index (κ2) is 8.50. The van der Waals surface area contributed by atoms with Gasteiger partial charge in [-0.3, -0.25) is 4.79 Å². The quantitative estimate of drug-likeness (QED) is 0.491. The summed E-state index contributed by atoms with van der Waals surface area (Å²) in [6.45, 7) is 3.35. The summed E-state index contributed by atoms with van der Waals surface area (Å²) in [6.07, 6.45) is 0.653. The van der Waals surface area contributed by atoms with Crippen LogP contribution in [0.1, 0.15) is 27.3 Å². The molecule has 1 amide bonds. The van der Waals surface area contributed by atoms with Gasteiger partial charge >= 0.3 is 0 Å². The molecule has 0 saturated heterocycles. The summed E-state index contributed by atoms with van der Waals surface area (Å²) < 4.78 is 2.23. The van der Waals surface area contributed by atoms with Gasteiger partial charge in [-0.1, -0.05) is 53.6 Å². The van der Waals surface area contributed by atoms with Gasteiger partial charge in [0.2, 0.25) is 0 Å². The van der Waals surface area contributed by atoms with E-state index >= 15 is 0 Å². The monoisotopic (exact) mass is 403 g/mol. The molecule has 1 N–H and O–H groups in total. The van der Waals surface area contributed by atoms with Gasteiger partial charge in [-0.2, -0.15) is 0 Å². The highest BCUT2D eigenvalue weighted by Crippen LogP contribution is 2.19. The molecule has 0 saturated carbocycles. The Morgan fingerprint density at radius 2 is 1.72 bits per heavy atom. The van der Waals surface area contributed by atoms with Crippen LogP contribution in [0, 0.1) is 6.92 Å². The molecule has 0 fully saturated rings. The van der Waals surface area contributed by atoms with Crippen molar-refractivity contribution in [2.45, 2.75) is 19.9 Å². The minimum atomic E-state index is -0.108. The first-order valence-corrected chi connectivity index (χ1v) is 10.0. The lowest BCUT2D eigenvalue weighted by atomic mass is 10.1. The fourth-order valence-electron chi connectivity index (χ4n) is 3.36.